The highest BCUT2D eigenvalue weighted by Gasteiger charge is 2.39. The number of hydrogen-bond acceptors (Lipinski definition) is 3. The first kappa shape index (κ1) is 15.5. The van der Waals surface area contributed by atoms with E-state index in [4.69, 9.17) is 23.2 Å². The molecular weight excluding hydrogens is 347 g/mol. The van der Waals surface area contributed by atoms with E-state index in [9.17, 15) is 10.1 Å². The van der Waals surface area contributed by atoms with Crippen LogP contribution in [0, 0.1) is 16.0 Å². The number of nitrogens with one attached hydrogen (secondary N) is 1. The second-order valence-corrected chi connectivity index (χ2v) is 6.96. The van der Waals surface area contributed by atoms with Crippen LogP contribution >= 0.6 is 23.2 Å². The molecule has 122 valence electrons. The molecule has 1 heterocycles. The molecule has 2 aromatic carbocycles. The van der Waals surface area contributed by atoms with Gasteiger partial charge in [0.15, 0.2) is 0 Å². The summed E-state index contributed by atoms with van der Waals surface area (Å²) in [5, 5.41) is 15.5. The number of rotatable bonds is 2. The third-order valence-electron chi connectivity index (χ3n) is 4.87. The van der Waals surface area contributed by atoms with Crippen LogP contribution in [0.25, 0.3) is 0 Å². The Kier molecular flexibility index (Phi) is 3.74. The molecule has 3 atom stereocenters. The molecule has 2 aliphatic rings. The van der Waals surface area contributed by atoms with Gasteiger partial charge in [-0.2, -0.15) is 0 Å². The molecule has 4 nitrogen and oxygen atoms in total. The summed E-state index contributed by atoms with van der Waals surface area (Å²) in [6, 6.07) is 10.9. The maximum atomic E-state index is 11.2. The van der Waals surface area contributed by atoms with Gasteiger partial charge in [-0.05, 0) is 35.6 Å². The third-order valence-corrected chi connectivity index (χ3v) is 5.51. The van der Waals surface area contributed by atoms with E-state index in [1.165, 1.54) is 5.56 Å². The minimum absolute atomic E-state index is 0.0478. The molecule has 0 fully saturated rings. The van der Waals surface area contributed by atoms with Gasteiger partial charge in [0.2, 0.25) is 0 Å². The molecule has 0 unspecified atom stereocenters. The lowest BCUT2D eigenvalue weighted by atomic mass is 9.77. The number of anilines is 1. The Hall–Kier alpha value is -2.04. The Morgan fingerprint density at radius 2 is 2.00 bits per heavy atom. The number of nitro groups is 1. The number of hydrogen-bond donors (Lipinski definition) is 1. The van der Waals surface area contributed by atoms with Gasteiger partial charge in [0, 0.05) is 12.0 Å². The maximum Gasteiger partial charge on any atom is 0.288 e. The van der Waals surface area contributed by atoms with E-state index in [-0.39, 0.29) is 22.7 Å². The van der Waals surface area contributed by atoms with Gasteiger partial charge in [-0.15, -0.1) is 0 Å². The zero-order valence-electron chi connectivity index (χ0n) is 12.6. The first-order valence-corrected chi connectivity index (χ1v) is 8.47. The molecule has 4 rings (SSSR count). The van der Waals surface area contributed by atoms with Gasteiger partial charge >= 0.3 is 0 Å². The van der Waals surface area contributed by atoms with Crippen molar-refractivity contribution in [2.75, 3.05) is 5.32 Å². The van der Waals surface area contributed by atoms with Gasteiger partial charge in [-0.25, -0.2) is 0 Å². The molecule has 0 radical (unpaired) electrons. The molecule has 0 spiro atoms. The molecule has 6 heteroatoms. The molecule has 0 saturated carbocycles. The lowest BCUT2D eigenvalue weighted by Gasteiger charge is -2.37. The van der Waals surface area contributed by atoms with Crippen molar-refractivity contribution in [3.63, 3.8) is 0 Å². The smallest absolute Gasteiger partial charge is 0.288 e. The normalized spacial score (nSPS) is 24.2. The number of nitrogens with zero attached hydrogens (tertiary/aromatic N) is 1. The molecule has 1 aliphatic heterocycles. The van der Waals surface area contributed by atoms with E-state index in [0.29, 0.717) is 10.9 Å². The van der Waals surface area contributed by atoms with Crippen molar-refractivity contribution in [3.05, 3.63) is 79.8 Å². The number of nitro benzene ring substituents is 1. The van der Waals surface area contributed by atoms with E-state index in [1.54, 1.807) is 12.1 Å². The molecule has 0 bridgehead atoms. The monoisotopic (exact) mass is 360 g/mol. The highest BCUT2D eigenvalue weighted by atomic mass is 35.5. The van der Waals surface area contributed by atoms with Gasteiger partial charge in [0.25, 0.3) is 5.69 Å². The summed E-state index contributed by atoms with van der Waals surface area (Å²) in [6.45, 7) is 0. The molecule has 2 aromatic rings. The van der Waals surface area contributed by atoms with Crippen LogP contribution in [0.1, 0.15) is 29.5 Å². The van der Waals surface area contributed by atoms with Crippen molar-refractivity contribution in [2.45, 2.75) is 18.4 Å². The van der Waals surface area contributed by atoms with Crippen molar-refractivity contribution in [3.8, 4) is 0 Å². The maximum absolute atomic E-state index is 11.2. The second kappa shape index (κ2) is 5.80. The predicted molar refractivity (Wildman–Crippen MR) is 95.9 cm³/mol. The van der Waals surface area contributed by atoms with E-state index < -0.39 is 4.92 Å². The number of para-hydroxylation sites is 1. The Bertz CT molecular complexity index is 866. The van der Waals surface area contributed by atoms with Crippen LogP contribution in [0.5, 0.6) is 0 Å². The average molecular weight is 361 g/mol. The quantitative estimate of drug-likeness (QED) is 0.422. The summed E-state index contributed by atoms with van der Waals surface area (Å²) in [5.41, 5.74) is 2.88. The van der Waals surface area contributed by atoms with Crippen LogP contribution in [0.2, 0.25) is 10.0 Å². The SMILES string of the molecule is O=[N+]([O-])c1cc([C@@H]2Nc3c(Cl)cccc3[C@H]3C=CC[C@H]32)ccc1Cl. The van der Waals surface area contributed by atoms with Crippen LogP contribution in [-0.4, -0.2) is 4.92 Å². The summed E-state index contributed by atoms with van der Waals surface area (Å²) in [4.78, 5) is 10.8. The van der Waals surface area contributed by atoms with E-state index in [0.717, 1.165) is 17.7 Å². The second-order valence-electron chi connectivity index (χ2n) is 6.15. The van der Waals surface area contributed by atoms with Crippen molar-refractivity contribution in [1.82, 2.24) is 0 Å². The fourth-order valence-electron chi connectivity index (χ4n) is 3.78. The van der Waals surface area contributed by atoms with Gasteiger partial charge < -0.3 is 5.32 Å². The van der Waals surface area contributed by atoms with E-state index in [1.807, 2.05) is 18.2 Å². The Morgan fingerprint density at radius 1 is 1.17 bits per heavy atom. The fraction of sp³-hybridized carbons (Fsp3) is 0.222. The summed E-state index contributed by atoms with van der Waals surface area (Å²) in [7, 11) is 0. The summed E-state index contributed by atoms with van der Waals surface area (Å²) < 4.78 is 0. The van der Waals surface area contributed by atoms with Crippen LogP contribution < -0.4 is 5.32 Å². The van der Waals surface area contributed by atoms with Crippen LogP contribution in [0.3, 0.4) is 0 Å². The van der Waals surface area contributed by atoms with E-state index >= 15 is 0 Å². The van der Waals surface area contributed by atoms with Crippen molar-refractivity contribution in [2.24, 2.45) is 5.92 Å². The third kappa shape index (κ3) is 2.38. The molecule has 0 amide bonds. The minimum Gasteiger partial charge on any atom is -0.376 e. The largest absolute Gasteiger partial charge is 0.376 e. The summed E-state index contributed by atoms with van der Waals surface area (Å²) >= 11 is 12.3. The first-order valence-electron chi connectivity index (χ1n) is 7.71. The molecule has 1 N–H and O–H groups in total. The Morgan fingerprint density at radius 3 is 2.79 bits per heavy atom. The first-order chi connectivity index (χ1) is 11.6. The zero-order chi connectivity index (χ0) is 16.8. The van der Waals surface area contributed by atoms with Crippen LogP contribution in [0.4, 0.5) is 11.4 Å². The molecule has 0 aromatic heterocycles. The minimum atomic E-state index is -0.444. The molecule has 24 heavy (non-hydrogen) atoms. The molecule has 1 aliphatic carbocycles. The summed E-state index contributed by atoms with van der Waals surface area (Å²) in [5.74, 6) is 0.566. The zero-order valence-corrected chi connectivity index (χ0v) is 14.1. The van der Waals surface area contributed by atoms with Gasteiger partial charge in [-0.1, -0.05) is 53.6 Å². The van der Waals surface area contributed by atoms with Crippen molar-refractivity contribution < 1.29 is 4.92 Å². The topological polar surface area (TPSA) is 55.2 Å². The highest BCUT2D eigenvalue weighted by molar-refractivity contribution is 6.33. The highest BCUT2D eigenvalue weighted by Crippen LogP contribution is 2.51. The summed E-state index contributed by atoms with van der Waals surface area (Å²) in [6.07, 6.45) is 5.30. The van der Waals surface area contributed by atoms with Crippen LogP contribution in [0.15, 0.2) is 48.6 Å². The van der Waals surface area contributed by atoms with Gasteiger partial charge in [0.1, 0.15) is 5.02 Å². The number of benzene rings is 2. The molecular formula is C18H14Cl2N2O2. The Balaban J connectivity index is 1.81. The van der Waals surface area contributed by atoms with Gasteiger partial charge in [0.05, 0.1) is 21.7 Å². The molecule has 0 saturated heterocycles. The average Bonchev–Trinajstić information content (AvgIpc) is 3.05. The standard InChI is InChI=1S/C18H14Cl2N2O2/c19-14-8-7-10(9-16(14)22(23)24)17-12-4-1-3-11(12)13-5-2-6-15(20)18(13)21-17/h1-3,5-9,11-12,17,21H,4H2/t11-,12+,17-/m0/s1. The number of fused-ring (bicyclic) bond motifs is 3. The van der Waals surface area contributed by atoms with Crippen molar-refractivity contribution >= 4 is 34.6 Å². The van der Waals surface area contributed by atoms with E-state index in [2.05, 4.69) is 23.5 Å². The van der Waals surface area contributed by atoms with Crippen LogP contribution in [-0.2, 0) is 0 Å². The fourth-order valence-corrected chi connectivity index (χ4v) is 4.20. The number of allylic oxidation sites excluding steroid dienone is 2. The van der Waals surface area contributed by atoms with Crippen molar-refractivity contribution in [1.29, 1.82) is 0 Å². The Labute approximate surface area is 149 Å². The van der Waals surface area contributed by atoms with Gasteiger partial charge in [-0.3, -0.25) is 10.1 Å². The lowest BCUT2D eigenvalue weighted by molar-refractivity contribution is -0.384. The number of halogens is 2. The predicted octanol–water partition coefficient (Wildman–Crippen LogP) is 5.73. The lowest BCUT2D eigenvalue weighted by Crippen LogP contribution is -2.29.